The van der Waals surface area contributed by atoms with Gasteiger partial charge in [0.2, 0.25) is 0 Å². The SMILES string of the molecule is CCCCCCCCCCCCOP(=O)(O)OCCCCCCCCCCCC.[NaH]. The number of unbranched alkanes of at least 4 members (excludes halogenated alkanes) is 18. The summed E-state index contributed by atoms with van der Waals surface area (Å²) in [5.41, 5.74) is 0. The van der Waals surface area contributed by atoms with Crippen molar-refractivity contribution in [1.82, 2.24) is 0 Å². The Morgan fingerprint density at radius 1 is 0.500 bits per heavy atom. The van der Waals surface area contributed by atoms with Crippen LogP contribution in [0.1, 0.15) is 142 Å². The van der Waals surface area contributed by atoms with Crippen LogP contribution in [0.5, 0.6) is 0 Å². The fourth-order valence-corrected chi connectivity index (χ4v) is 4.37. The molecule has 0 unspecified atom stereocenters. The fourth-order valence-electron chi connectivity index (χ4n) is 3.58. The molecule has 0 aromatic carbocycles. The topological polar surface area (TPSA) is 55.8 Å². The molecule has 0 amide bonds. The van der Waals surface area contributed by atoms with Crippen LogP contribution >= 0.6 is 7.82 Å². The molecule has 0 heterocycles. The van der Waals surface area contributed by atoms with Gasteiger partial charge in [-0.1, -0.05) is 129 Å². The van der Waals surface area contributed by atoms with E-state index in [0.717, 1.165) is 25.7 Å². The number of phosphoric ester groups is 1. The van der Waals surface area contributed by atoms with Crippen molar-refractivity contribution in [2.24, 2.45) is 0 Å². The van der Waals surface area contributed by atoms with Crippen LogP contribution in [0.15, 0.2) is 0 Å². The van der Waals surface area contributed by atoms with E-state index in [1.54, 1.807) is 0 Å². The molecule has 0 aliphatic carbocycles. The van der Waals surface area contributed by atoms with Crippen LogP contribution in [0.2, 0.25) is 0 Å². The van der Waals surface area contributed by atoms with E-state index in [9.17, 15) is 9.46 Å². The Morgan fingerprint density at radius 3 is 1.00 bits per heavy atom. The average Bonchev–Trinajstić information content (AvgIpc) is 2.70. The first kappa shape index (κ1) is 33.3. The van der Waals surface area contributed by atoms with Crippen molar-refractivity contribution in [3.05, 3.63) is 0 Å². The van der Waals surface area contributed by atoms with Gasteiger partial charge in [-0.2, -0.15) is 0 Å². The Labute approximate surface area is 210 Å². The minimum absolute atomic E-state index is 0. The maximum absolute atomic E-state index is 11.8. The van der Waals surface area contributed by atoms with Gasteiger partial charge in [-0.15, -0.1) is 0 Å². The van der Waals surface area contributed by atoms with Gasteiger partial charge >= 0.3 is 37.4 Å². The van der Waals surface area contributed by atoms with Crippen molar-refractivity contribution in [2.45, 2.75) is 142 Å². The van der Waals surface area contributed by atoms with Gasteiger partial charge in [0.1, 0.15) is 0 Å². The predicted octanol–water partition coefficient (Wildman–Crippen LogP) is 8.31. The molecule has 0 aliphatic heterocycles. The number of hydrogen-bond acceptors (Lipinski definition) is 3. The maximum atomic E-state index is 11.8. The summed E-state index contributed by atoms with van der Waals surface area (Å²) >= 11 is 0. The molecule has 0 aliphatic rings. The van der Waals surface area contributed by atoms with Crippen LogP contribution in [-0.2, 0) is 13.6 Å². The molecule has 0 spiro atoms. The molecule has 0 rings (SSSR count). The van der Waals surface area contributed by atoms with E-state index < -0.39 is 7.82 Å². The summed E-state index contributed by atoms with van der Waals surface area (Å²) in [5, 5.41) is 0. The van der Waals surface area contributed by atoms with Crippen molar-refractivity contribution >= 4 is 37.4 Å². The van der Waals surface area contributed by atoms with Gasteiger partial charge in [0.05, 0.1) is 13.2 Å². The first-order valence-electron chi connectivity index (χ1n) is 12.7. The van der Waals surface area contributed by atoms with Gasteiger partial charge in [0.15, 0.2) is 0 Å². The molecule has 0 bridgehead atoms. The van der Waals surface area contributed by atoms with Crippen LogP contribution in [0.25, 0.3) is 0 Å². The average molecular weight is 459 g/mol. The minimum atomic E-state index is -3.85. The molecule has 6 heteroatoms. The molecule has 178 valence electrons. The Kier molecular flexibility index (Phi) is 29.2. The molecular weight excluding hydrogens is 406 g/mol. The van der Waals surface area contributed by atoms with Crippen molar-refractivity contribution in [2.75, 3.05) is 13.2 Å². The van der Waals surface area contributed by atoms with Gasteiger partial charge in [-0.05, 0) is 12.8 Å². The molecule has 4 nitrogen and oxygen atoms in total. The number of phosphoric acid groups is 1. The van der Waals surface area contributed by atoms with Crippen LogP contribution in [0, 0.1) is 0 Å². The van der Waals surface area contributed by atoms with E-state index in [-0.39, 0.29) is 29.6 Å². The third kappa shape index (κ3) is 27.1. The third-order valence-corrected chi connectivity index (χ3v) is 6.52. The summed E-state index contributed by atoms with van der Waals surface area (Å²) in [6, 6.07) is 0. The van der Waals surface area contributed by atoms with Gasteiger partial charge < -0.3 is 4.89 Å². The second-order valence-corrected chi connectivity index (χ2v) is 9.95. The monoisotopic (exact) mass is 458 g/mol. The van der Waals surface area contributed by atoms with Crippen molar-refractivity contribution in [3.63, 3.8) is 0 Å². The first-order chi connectivity index (χ1) is 14.1. The van der Waals surface area contributed by atoms with E-state index in [0.29, 0.717) is 13.2 Å². The molecule has 0 fully saturated rings. The Bertz CT molecular complexity index is 339. The Hall–Kier alpha value is 1.11. The van der Waals surface area contributed by atoms with Crippen molar-refractivity contribution in [1.29, 1.82) is 0 Å². The molecule has 0 saturated heterocycles. The van der Waals surface area contributed by atoms with E-state index in [4.69, 9.17) is 9.05 Å². The quantitative estimate of drug-likeness (QED) is 0.0897. The molecule has 0 aromatic heterocycles. The van der Waals surface area contributed by atoms with E-state index in [1.165, 1.54) is 103 Å². The second kappa shape index (κ2) is 26.4. The molecule has 0 saturated carbocycles. The molecule has 0 atom stereocenters. The van der Waals surface area contributed by atoms with E-state index >= 15 is 0 Å². The summed E-state index contributed by atoms with van der Waals surface area (Å²) in [4.78, 5) is 9.71. The normalized spacial score (nSPS) is 11.6. The van der Waals surface area contributed by atoms with Crippen LogP contribution in [0.3, 0.4) is 0 Å². The summed E-state index contributed by atoms with van der Waals surface area (Å²) in [6.45, 7) is 5.14. The molecular formula is C24H52NaO4P. The Balaban J connectivity index is 0. The number of rotatable bonds is 24. The molecule has 0 radical (unpaired) electrons. The fraction of sp³-hybridized carbons (Fsp3) is 1.00. The van der Waals surface area contributed by atoms with E-state index in [1.807, 2.05) is 0 Å². The number of hydrogen-bond donors (Lipinski definition) is 1. The van der Waals surface area contributed by atoms with Gasteiger partial charge in [0, 0.05) is 0 Å². The van der Waals surface area contributed by atoms with Crippen molar-refractivity contribution < 1.29 is 18.5 Å². The standard InChI is InChI=1S/C24H51O4P.Na.H/c1-3-5-7-9-11-13-15-17-19-21-23-27-29(25,26)28-24-22-20-18-16-14-12-10-8-6-4-2;;/h3-24H2,1-2H3,(H,25,26);;. The zero-order valence-electron chi connectivity index (χ0n) is 19.7. The van der Waals surface area contributed by atoms with Gasteiger partial charge in [0.25, 0.3) is 0 Å². The summed E-state index contributed by atoms with van der Waals surface area (Å²) in [7, 11) is -3.85. The first-order valence-corrected chi connectivity index (χ1v) is 14.2. The van der Waals surface area contributed by atoms with Crippen LogP contribution < -0.4 is 0 Å². The predicted molar refractivity (Wildman–Crippen MR) is 133 cm³/mol. The zero-order valence-corrected chi connectivity index (χ0v) is 20.6. The molecule has 0 aromatic rings. The third-order valence-electron chi connectivity index (χ3n) is 5.50. The Morgan fingerprint density at radius 2 is 0.733 bits per heavy atom. The zero-order chi connectivity index (χ0) is 21.5. The molecule has 30 heavy (non-hydrogen) atoms. The van der Waals surface area contributed by atoms with Crippen LogP contribution in [0.4, 0.5) is 0 Å². The summed E-state index contributed by atoms with van der Waals surface area (Å²) in [6.07, 6.45) is 24.8. The second-order valence-electron chi connectivity index (χ2n) is 8.50. The summed E-state index contributed by atoms with van der Waals surface area (Å²) in [5.74, 6) is 0. The van der Waals surface area contributed by atoms with Gasteiger partial charge in [-0.3, -0.25) is 9.05 Å². The van der Waals surface area contributed by atoms with Crippen molar-refractivity contribution in [3.8, 4) is 0 Å². The van der Waals surface area contributed by atoms with E-state index in [2.05, 4.69) is 13.8 Å². The van der Waals surface area contributed by atoms with Gasteiger partial charge in [-0.25, -0.2) is 4.57 Å². The summed E-state index contributed by atoms with van der Waals surface area (Å²) < 4.78 is 22.0. The molecule has 1 N–H and O–H groups in total. The van der Waals surface area contributed by atoms with Crippen LogP contribution in [-0.4, -0.2) is 47.7 Å².